The zero-order chi connectivity index (χ0) is 17.1. The minimum absolute atomic E-state index is 0. The van der Waals surface area contributed by atoms with Crippen LogP contribution in [0.5, 0.6) is 0 Å². The van der Waals surface area contributed by atoms with Gasteiger partial charge in [0.25, 0.3) is 0 Å². The summed E-state index contributed by atoms with van der Waals surface area (Å²) >= 11 is 1.68. The Balaban J connectivity index is 0.00000288. The molecule has 0 unspecified atom stereocenters. The van der Waals surface area contributed by atoms with Gasteiger partial charge in [0.15, 0.2) is 0 Å². The van der Waals surface area contributed by atoms with Gasteiger partial charge in [0.1, 0.15) is 0 Å². The van der Waals surface area contributed by atoms with Gasteiger partial charge < -0.3 is 11.1 Å². The molecule has 1 amide bonds. The maximum atomic E-state index is 12.8. The van der Waals surface area contributed by atoms with Crippen molar-refractivity contribution >= 4 is 52.3 Å². The first-order valence-electron chi connectivity index (χ1n) is 8.21. The minimum Gasteiger partial charge on any atom is -0.354 e. The molecule has 2 rings (SSSR count). The Hall–Kier alpha value is -0.880. The molecular formula is C18H29Cl2N3OS. The molecule has 0 aliphatic heterocycles. The van der Waals surface area contributed by atoms with Gasteiger partial charge in [-0.25, -0.2) is 4.98 Å². The van der Waals surface area contributed by atoms with Gasteiger partial charge in [-0.3, -0.25) is 4.79 Å². The molecule has 2 aromatic rings. The number of carbonyl (C=O) groups is 1. The van der Waals surface area contributed by atoms with Crippen molar-refractivity contribution in [3.8, 4) is 0 Å². The maximum Gasteiger partial charge on any atom is 0.226 e. The van der Waals surface area contributed by atoms with Crippen LogP contribution in [0.4, 0.5) is 0 Å². The number of nitrogens with zero attached hydrogens (tertiary/aromatic N) is 1. The third-order valence-electron chi connectivity index (χ3n) is 4.37. The van der Waals surface area contributed by atoms with Crippen LogP contribution in [0.2, 0.25) is 0 Å². The van der Waals surface area contributed by atoms with E-state index in [1.54, 1.807) is 11.3 Å². The van der Waals surface area contributed by atoms with Gasteiger partial charge in [-0.1, -0.05) is 26.0 Å². The van der Waals surface area contributed by atoms with Crippen LogP contribution >= 0.6 is 36.2 Å². The molecule has 0 fully saturated rings. The number of nitrogens with two attached hydrogens (primary N) is 1. The van der Waals surface area contributed by atoms with E-state index in [-0.39, 0.29) is 30.7 Å². The molecule has 0 saturated carbocycles. The largest absolute Gasteiger partial charge is 0.354 e. The number of amides is 1. The fraction of sp³-hybridized carbons (Fsp3) is 0.556. The van der Waals surface area contributed by atoms with E-state index in [0.29, 0.717) is 13.0 Å². The van der Waals surface area contributed by atoms with Gasteiger partial charge in [-0.2, -0.15) is 0 Å². The summed E-state index contributed by atoms with van der Waals surface area (Å²) < 4.78 is 1.17. The van der Waals surface area contributed by atoms with Gasteiger partial charge in [-0.15, -0.1) is 36.2 Å². The van der Waals surface area contributed by atoms with Crippen LogP contribution in [0.25, 0.3) is 10.2 Å². The first-order valence-corrected chi connectivity index (χ1v) is 9.03. The van der Waals surface area contributed by atoms with Gasteiger partial charge in [0, 0.05) is 18.5 Å². The van der Waals surface area contributed by atoms with Crippen LogP contribution in [-0.2, 0) is 11.2 Å². The minimum atomic E-state index is -0.418. The van der Waals surface area contributed by atoms with Gasteiger partial charge in [0.05, 0.1) is 20.6 Å². The van der Waals surface area contributed by atoms with Crippen LogP contribution in [0.15, 0.2) is 24.3 Å². The quantitative estimate of drug-likeness (QED) is 0.719. The van der Waals surface area contributed by atoms with Crippen LogP contribution in [0.1, 0.15) is 45.5 Å². The highest BCUT2D eigenvalue weighted by molar-refractivity contribution is 7.18. The third-order valence-corrected chi connectivity index (χ3v) is 5.40. The molecule has 3 N–H and O–H groups in total. The van der Waals surface area contributed by atoms with E-state index in [9.17, 15) is 4.79 Å². The fourth-order valence-electron chi connectivity index (χ4n) is 2.68. The van der Waals surface area contributed by atoms with Crippen LogP contribution in [0, 0.1) is 5.41 Å². The Morgan fingerprint density at radius 2 is 1.80 bits per heavy atom. The fourth-order valence-corrected chi connectivity index (χ4v) is 3.79. The summed E-state index contributed by atoms with van der Waals surface area (Å²) in [4.78, 5) is 17.5. The SMILES string of the molecule is CCC(CC)(Cc1nc2ccccc2s1)C(=O)NCC(C)(C)N.Cl.Cl. The number of rotatable bonds is 7. The summed E-state index contributed by atoms with van der Waals surface area (Å²) in [5.41, 5.74) is 6.18. The number of fused-ring (bicyclic) bond motifs is 1. The third kappa shape index (κ3) is 6.10. The number of carbonyl (C=O) groups excluding carboxylic acids is 1. The van der Waals surface area contributed by atoms with Crippen LogP contribution in [0.3, 0.4) is 0 Å². The molecule has 4 nitrogen and oxygen atoms in total. The lowest BCUT2D eigenvalue weighted by Crippen LogP contribution is -2.50. The van der Waals surface area contributed by atoms with E-state index in [0.717, 1.165) is 23.4 Å². The summed E-state index contributed by atoms with van der Waals surface area (Å²) in [5.74, 6) is 0.0836. The average molecular weight is 406 g/mol. The Bertz CT molecular complexity index is 645. The topological polar surface area (TPSA) is 68.0 Å². The van der Waals surface area contributed by atoms with Crippen molar-refractivity contribution in [2.24, 2.45) is 11.1 Å². The number of para-hydroxylation sites is 1. The summed E-state index contributed by atoms with van der Waals surface area (Å²) in [6.07, 6.45) is 2.25. The van der Waals surface area contributed by atoms with E-state index in [1.807, 2.05) is 32.0 Å². The molecule has 0 saturated heterocycles. The summed E-state index contributed by atoms with van der Waals surface area (Å²) in [6.45, 7) is 8.46. The lowest BCUT2D eigenvalue weighted by molar-refractivity contribution is -0.131. The number of benzene rings is 1. The van der Waals surface area contributed by atoms with Crippen molar-refractivity contribution < 1.29 is 4.79 Å². The number of thiazole rings is 1. The van der Waals surface area contributed by atoms with Gasteiger partial charge in [-0.05, 0) is 38.8 Å². The Kier molecular flexibility index (Phi) is 9.38. The lowest BCUT2D eigenvalue weighted by atomic mass is 9.78. The van der Waals surface area contributed by atoms with E-state index < -0.39 is 11.0 Å². The zero-order valence-corrected chi connectivity index (χ0v) is 17.7. The molecular weight excluding hydrogens is 377 g/mol. The van der Waals surface area contributed by atoms with Crippen LogP contribution in [-0.4, -0.2) is 23.0 Å². The number of hydrogen-bond donors (Lipinski definition) is 2. The molecule has 142 valence electrons. The highest BCUT2D eigenvalue weighted by atomic mass is 35.5. The second kappa shape index (κ2) is 9.72. The molecule has 0 bridgehead atoms. The lowest BCUT2D eigenvalue weighted by Gasteiger charge is -2.31. The molecule has 0 aliphatic rings. The molecule has 0 radical (unpaired) electrons. The second-order valence-corrected chi connectivity index (χ2v) is 8.03. The molecule has 0 atom stereocenters. The van der Waals surface area contributed by atoms with Crippen molar-refractivity contribution in [2.45, 2.75) is 52.5 Å². The Morgan fingerprint density at radius 3 is 2.32 bits per heavy atom. The predicted octanol–water partition coefficient (Wildman–Crippen LogP) is 4.34. The summed E-state index contributed by atoms with van der Waals surface area (Å²) in [7, 11) is 0. The predicted molar refractivity (Wildman–Crippen MR) is 112 cm³/mol. The number of hydrogen-bond acceptors (Lipinski definition) is 4. The summed E-state index contributed by atoms with van der Waals surface area (Å²) in [6, 6.07) is 8.11. The molecule has 0 spiro atoms. The second-order valence-electron chi connectivity index (χ2n) is 6.91. The highest BCUT2D eigenvalue weighted by Crippen LogP contribution is 2.34. The van der Waals surface area contributed by atoms with Crippen molar-refractivity contribution in [1.29, 1.82) is 0 Å². The first-order chi connectivity index (χ1) is 10.8. The van der Waals surface area contributed by atoms with Crippen molar-refractivity contribution in [1.82, 2.24) is 10.3 Å². The van der Waals surface area contributed by atoms with Gasteiger partial charge in [0.2, 0.25) is 5.91 Å². The molecule has 25 heavy (non-hydrogen) atoms. The molecule has 7 heteroatoms. The van der Waals surface area contributed by atoms with E-state index in [2.05, 4.69) is 25.2 Å². The number of aromatic nitrogens is 1. The molecule has 1 aromatic heterocycles. The molecule has 1 aromatic carbocycles. The zero-order valence-electron chi connectivity index (χ0n) is 15.3. The monoisotopic (exact) mass is 405 g/mol. The first kappa shape index (κ1) is 24.1. The maximum absolute atomic E-state index is 12.8. The molecule has 1 heterocycles. The van der Waals surface area contributed by atoms with Crippen molar-refractivity contribution in [3.05, 3.63) is 29.3 Å². The Morgan fingerprint density at radius 1 is 1.20 bits per heavy atom. The van der Waals surface area contributed by atoms with E-state index in [1.165, 1.54) is 4.70 Å². The summed E-state index contributed by atoms with van der Waals surface area (Å²) in [5, 5.41) is 4.06. The van der Waals surface area contributed by atoms with Crippen molar-refractivity contribution in [3.63, 3.8) is 0 Å². The number of halogens is 2. The smallest absolute Gasteiger partial charge is 0.226 e. The van der Waals surface area contributed by atoms with E-state index >= 15 is 0 Å². The standard InChI is InChI=1S/C18H27N3OS.2ClH/c1-5-18(6-2,16(22)20-12-17(3,4)19)11-15-21-13-9-7-8-10-14(13)23-15;;/h7-10H,5-6,11-12,19H2,1-4H3,(H,20,22);2*1H. The van der Waals surface area contributed by atoms with E-state index in [4.69, 9.17) is 10.7 Å². The van der Waals surface area contributed by atoms with Crippen molar-refractivity contribution in [2.75, 3.05) is 6.54 Å². The average Bonchev–Trinajstić information content (AvgIpc) is 2.91. The number of nitrogens with one attached hydrogen (secondary N) is 1. The van der Waals surface area contributed by atoms with Gasteiger partial charge >= 0.3 is 0 Å². The molecule has 0 aliphatic carbocycles. The Labute approximate surface area is 166 Å². The normalized spacial score (nSPS) is 11.6. The highest BCUT2D eigenvalue weighted by Gasteiger charge is 2.36. The van der Waals surface area contributed by atoms with Crippen LogP contribution < -0.4 is 11.1 Å².